The molecule has 2 amide bonds. The SMILES string of the molecule is O=C(Nc1nnc(-c2ccsc2)s1)NC1CCCCC1CO. The van der Waals surface area contributed by atoms with Crippen LogP contribution in [-0.4, -0.2) is 34.0 Å². The highest BCUT2D eigenvalue weighted by molar-refractivity contribution is 7.19. The average molecular weight is 338 g/mol. The van der Waals surface area contributed by atoms with Crippen LogP contribution in [0.4, 0.5) is 9.93 Å². The van der Waals surface area contributed by atoms with Crippen LogP contribution in [0.5, 0.6) is 0 Å². The molecule has 0 saturated heterocycles. The predicted octanol–water partition coefficient (Wildman–Crippen LogP) is 2.94. The fourth-order valence-corrected chi connectivity index (χ4v) is 4.14. The van der Waals surface area contributed by atoms with E-state index in [-0.39, 0.29) is 24.6 Å². The fourth-order valence-electron chi connectivity index (χ4n) is 2.69. The molecular weight excluding hydrogens is 320 g/mol. The van der Waals surface area contributed by atoms with Gasteiger partial charge >= 0.3 is 6.03 Å². The highest BCUT2D eigenvalue weighted by atomic mass is 32.1. The molecule has 0 bridgehead atoms. The Balaban J connectivity index is 1.57. The number of aliphatic hydroxyl groups is 1. The zero-order chi connectivity index (χ0) is 15.4. The zero-order valence-electron chi connectivity index (χ0n) is 12.0. The maximum atomic E-state index is 12.1. The van der Waals surface area contributed by atoms with E-state index < -0.39 is 0 Å². The number of anilines is 1. The van der Waals surface area contributed by atoms with Crippen molar-refractivity contribution in [2.24, 2.45) is 5.92 Å². The van der Waals surface area contributed by atoms with Crippen LogP contribution in [0.3, 0.4) is 0 Å². The smallest absolute Gasteiger partial charge is 0.321 e. The van der Waals surface area contributed by atoms with Crippen molar-refractivity contribution < 1.29 is 9.90 Å². The largest absolute Gasteiger partial charge is 0.396 e. The van der Waals surface area contributed by atoms with Crippen LogP contribution in [0.1, 0.15) is 25.7 Å². The van der Waals surface area contributed by atoms with Gasteiger partial charge in [0.2, 0.25) is 5.13 Å². The second-order valence-electron chi connectivity index (χ2n) is 5.36. The van der Waals surface area contributed by atoms with E-state index in [1.807, 2.05) is 16.8 Å². The van der Waals surface area contributed by atoms with E-state index in [9.17, 15) is 9.90 Å². The molecule has 1 fully saturated rings. The van der Waals surface area contributed by atoms with E-state index in [1.165, 1.54) is 11.3 Å². The van der Waals surface area contributed by atoms with E-state index in [4.69, 9.17) is 0 Å². The van der Waals surface area contributed by atoms with Gasteiger partial charge in [0.25, 0.3) is 0 Å². The summed E-state index contributed by atoms with van der Waals surface area (Å²) in [5, 5.41) is 28.4. The lowest BCUT2D eigenvalue weighted by atomic mass is 9.85. The second kappa shape index (κ2) is 7.17. The summed E-state index contributed by atoms with van der Waals surface area (Å²) in [6.45, 7) is 0.117. The number of urea groups is 1. The van der Waals surface area contributed by atoms with Crippen molar-refractivity contribution in [3.05, 3.63) is 16.8 Å². The fraction of sp³-hybridized carbons (Fsp3) is 0.500. The van der Waals surface area contributed by atoms with Gasteiger partial charge in [0.1, 0.15) is 5.01 Å². The molecule has 2 heterocycles. The van der Waals surface area contributed by atoms with E-state index >= 15 is 0 Å². The zero-order valence-corrected chi connectivity index (χ0v) is 13.6. The lowest BCUT2D eigenvalue weighted by Gasteiger charge is -2.30. The van der Waals surface area contributed by atoms with Gasteiger partial charge in [-0.1, -0.05) is 24.2 Å². The highest BCUT2D eigenvalue weighted by Gasteiger charge is 2.26. The number of carbonyl (C=O) groups is 1. The highest BCUT2D eigenvalue weighted by Crippen LogP contribution is 2.28. The number of nitrogens with one attached hydrogen (secondary N) is 2. The number of hydrogen-bond donors (Lipinski definition) is 3. The molecule has 22 heavy (non-hydrogen) atoms. The van der Waals surface area contributed by atoms with Gasteiger partial charge in [-0.25, -0.2) is 4.79 Å². The molecule has 0 spiro atoms. The molecule has 0 aliphatic heterocycles. The van der Waals surface area contributed by atoms with Gasteiger partial charge in [-0.05, 0) is 24.3 Å². The van der Waals surface area contributed by atoms with Gasteiger partial charge in [-0.15, -0.1) is 10.2 Å². The summed E-state index contributed by atoms with van der Waals surface area (Å²) in [7, 11) is 0. The number of rotatable bonds is 4. The third-order valence-electron chi connectivity index (χ3n) is 3.87. The summed E-state index contributed by atoms with van der Waals surface area (Å²) < 4.78 is 0. The number of nitrogens with zero attached hydrogens (tertiary/aromatic N) is 2. The van der Waals surface area contributed by atoms with Crippen LogP contribution in [0.25, 0.3) is 10.6 Å². The van der Waals surface area contributed by atoms with Gasteiger partial charge in [0.05, 0.1) is 0 Å². The molecule has 3 rings (SSSR count). The van der Waals surface area contributed by atoms with Crippen molar-refractivity contribution in [3.63, 3.8) is 0 Å². The number of aliphatic hydroxyl groups excluding tert-OH is 1. The predicted molar refractivity (Wildman–Crippen MR) is 88.2 cm³/mol. The molecule has 8 heteroatoms. The lowest BCUT2D eigenvalue weighted by molar-refractivity contribution is 0.156. The number of hydrogen-bond acceptors (Lipinski definition) is 6. The molecule has 1 saturated carbocycles. The Hall–Kier alpha value is -1.51. The van der Waals surface area contributed by atoms with Gasteiger partial charge < -0.3 is 10.4 Å². The molecule has 3 N–H and O–H groups in total. The third-order valence-corrected chi connectivity index (χ3v) is 5.44. The summed E-state index contributed by atoms with van der Waals surface area (Å²) in [5.74, 6) is 0.148. The minimum atomic E-state index is -0.279. The molecule has 1 aliphatic carbocycles. The summed E-state index contributed by atoms with van der Waals surface area (Å²) >= 11 is 2.95. The van der Waals surface area contributed by atoms with Gasteiger partial charge in [-0.3, -0.25) is 5.32 Å². The van der Waals surface area contributed by atoms with Gasteiger partial charge in [-0.2, -0.15) is 11.3 Å². The maximum absolute atomic E-state index is 12.1. The summed E-state index contributed by atoms with van der Waals surface area (Å²) in [5.41, 5.74) is 1.02. The molecule has 0 aromatic carbocycles. The molecule has 2 atom stereocenters. The first kappa shape index (κ1) is 15.4. The van der Waals surface area contributed by atoms with Crippen molar-refractivity contribution in [2.75, 3.05) is 11.9 Å². The standard InChI is InChI=1S/C14H18N4O2S2/c19-7-9-3-1-2-4-11(9)15-13(20)16-14-18-17-12(22-14)10-5-6-21-8-10/h5-6,8-9,11,19H,1-4,7H2,(H2,15,16,18,20). The number of thiophene rings is 1. The Bertz CT molecular complexity index is 614. The minimum Gasteiger partial charge on any atom is -0.396 e. The van der Waals surface area contributed by atoms with Crippen LogP contribution >= 0.6 is 22.7 Å². The molecule has 118 valence electrons. The molecule has 1 aliphatic rings. The first-order valence-electron chi connectivity index (χ1n) is 7.30. The molecule has 2 aromatic rings. The molecule has 2 aromatic heterocycles. The maximum Gasteiger partial charge on any atom is 0.321 e. The first-order chi connectivity index (χ1) is 10.8. The van der Waals surface area contributed by atoms with Crippen molar-refractivity contribution >= 4 is 33.8 Å². The Kier molecular flexibility index (Phi) is 5.01. The van der Waals surface area contributed by atoms with Gasteiger partial charge in [0.15, 0.2) is 0 Å². The minimum absolute atomic E-state index is 0.0306. The van der Waals surface area contributed by atoms with Crippen LogP contribution in [0, 0.1) is 5.92 Å². The average Bonchev–Trinajstić information content (AvgIpc) is 3.18. The molecule has 6 nitrogen and oxygen atoms in total. The summed E-state index contributed by atoms with van der Waals surface area (Å²) in [4.78, 5) is 12.1. The quantitative estimate of drug-likeness (QED) is 0.800. The number of carbonyl (C=O) groups excluding carboxylic acids is 1. The first-order valence-corrected chi connectivity index (χ1v) is 9.06. The Morgan fingerprint density at radius 2 is 2.23 bits per heavy atom. The molecular formula is C14H18N4O2S2. The normalized spacial score (nSPS) is 21.5. The Labute approximate surface area is 136 Å². The lowest BCUT2D eigenvalue weighted by Crippen LogP contribution is -2.45. The summed E-state index contributed by atoms with van der Waals surface area (Å²) in [6.07, 6.45) is 4.07. The number of amides is 2. The third kappa shape index (κ3) is 3.63. The topological polar surface area (TPSA) is 87.1 Å². The van der Waals surface area contributed by atoms with E-state index in [1.54, 1.807) is 11.3 Å². The Morgan fingerprint density at radius 3 is 3.00 bits per heavy atom. The van der Waals surface area contributed by atoms with E-state index in [2.05, 4.69) is 20.8 Å². The van der Waals surface area contributed by atoms with Crippen molar-refractivity contribution in [1.29, 1.82) is 0 Å². The van der Waals surface area contributed by atoms with Crippen LogP contribution in [-0.2, 0) is 0 Å². The van der Waals surface area contributed by atoms with E-state index in [0.717, 1.165) is 36.3 Å². The monoisotopic (exact) mass is 338 g/mol. The molecule has 0 radical (unpaired) electrons. The second-order valence-corrected chi connectivity index (χ2v) is 7.11. The van der Waals surface area contributed by atoms with Gasteiger partial charge in [0, 0.05) is 29.5 Å². The Morgan fingerprint density at radius 1 is 1.36 bits per heavy atom. The van der Waals surface area contributed by atoms with Crippen LogP contribution in [0.15, 0.2) is 16.8 Å². The number of aromatic nitrogens is 2. The van der Waals surface area contributed by atoms with Crippen molar-refractivity contribution in [2.45, 2.75) is 31.7 Å². The van der Waals surface area contributed by atoms with Crippen molar-refractivity contribution in [1.82, 2.24) is 15.5 Å². The van der Waals surface area contributed by atoms with Crippen molar-refractivity contribution in [3.8, 4) is 10.6 Å². The van der Waals surface area contributed by atoms with Crippen LogP contribution in [0.2, 0.25) is 0 Å². The summed E-state index contributed by atoms with van der Waals surface area (Å²) in [6, 6.07) is 1.73. The van der Waals surface area contributed by atoms with Crippen LogP contribution < -0.4 is 10.6 Å². The molecule has 2 unspecified atom stereocenters. The van der Waals surface area contributed by atoms with E-state index in [0.29, 0.717) is 5.13 Å².